The van der Waals surface area contributed by atoms with E-state index < -0.39 is 5.91 Å². The first-order chi connectivity index (χ1) is 12.1. The van der Waals surface area contributed by atoms with Crippen molar-refractivity contribution >= 4 is 22.4 Å². The zero-order chi connectivity index (χ0) is 18.2. The molecule has 0 aliphatic carbocycles. The molecule has 0 bridgehead atoms. The highest BCUT2D eigenvalue weighted by molar-refractivity contribution is 6.06. The maximum absolute atomic E-state index is 11.9. The number of hydrogen-bond acceptors (Lipinski definition) is 1. The lowest BCUT2D eigenvalue weighted by Gasteiger charge is -2.04. The van der Waals surface area contributed by atoms with Crippen LogP contribution in [-0.2, 0) is 7.05 Å². The summed E-state index contributed by atoms with van der Waals surface area (Å²) in [4.78, 5) is 11.9. The van der Waals surface area contributed by atoms with Gasteiger partial charge in [-0.15, -0.1) is 0 Å². The van der Waals surface area contributed by atoms with Crippen LogP contribution < -0.4 is 5.73 Å². The Labute approximate surface area is 149 Å². The van der Waals surface area contributed by atoms with Gasteiger partial charge in [-0.25, -0.2) is 0 Å². The standard InChI is InChI=1S/C22H24N2O/c1-4-5-6-7-8-9-10-11-14-17(2)20-18-15-12-13-16-19(18)24(3)21(20)22(23)25/h4-6,8-16H,1,7H2,2-3H3,(H2,23,25). The lowest BCUT2D eigenvalue weighted by Crippen LogP contribution is -2.16. The minimum Gasteiger partial charge on any atom is -0.364 e. The van der Waals surface area contributed by atoms with Crippen molar-refractivity contribution in [2.24, 2.45) is 12.8 Å². The van der Waals surface area contributed by atoms with Crippen molar-refractivity contribution < 1.29 is 4.79 Å². The SMILES string of the molecule is C=CC=CCC=CC=CC=C(C)c1c(C(N)=O)n(C)c2ccccc12. The molecule has 0 saturated carbocycles. The summed E-state index contributed by atoms with van der Waals surface area (Å²) >= 11 is 0. The first-order valence-corrected chi connectivity index (χ1v) is 8.23. The molecule has 2 aromatic rings. The molecule has 0 aliphatic rings. The van der Waals surface area contributed by atoms with Crippen LogP contribution in [0.3, 0.4) is 0 Å². The van der Waals surface area contributed by atoms with Gasteiger partial charge >= 0.3 is 0 Å². The monoisotopic (exact) mass is 332 g/mol. The third-order valence-corrected chi connectivity index (χ3v) is 3.98. The first kappa shape index (κ1) is 18.3. The number of aromatic nitrogens is 1. The van der Waals surface area contributed by atoms with Gasteiger partial charge in [-0.3, -0.25) is 4.79 Å². The van der Waals surface area contributed by atoms with Crippen LogP contribution in [0.25, 0.3) is 16.5 Å². The number of amides is 1. The van der Waals surface area contributed by atoms with Gasteiger partial charge in [0.15, 0.2) is 0 Å². The van der Waals surface area contributed by atoms with E-state index in [0.717, 1.165) is 28.5 Å². The Morgan fingerprint density at radius 1 is 1.16 bits per heavy atom. The minimum absolute atomic E-state index is 0.417. The highest BCUT2D eigenvalue weighted by Crippen LogP contribution is 2.30. The second-order valence-electron chi connectivity index (χ2n) is 5.73. The van der Waals surface area contributed by atoms with E-state index >= 15 is 0 Å². The fraction of sp³-hybridized carbons (Fsp3) is 0.136. The van der Waals surface area contributed by atoms with E-state index in [0.29, 0.717) is 5.69 Å². The van der Waals surface area contributed by atoms with Crippen LogP contribution in [0.15, 0.2) is 79.5 Å². The third-order valence-electron chi connectivity index (χ3n) is 3.98. The molecule has 0 radical (unpaired) electrons. The summed E-state index contributed by atoms with van der Waals surface area (Å²) in [5, 5.41) is 1.03. The number of carbonyl (C=O) groups excluding carboxylic acids is 1. The van der Waals surface area contributed by atoms with Crippen LogP contribution in [0.2, 0.25) is 0 Å². The summed E-state index contributed by atoms with van der Waals surface area (Å²) in [5.74, 6) is -0.417. The van der Waals surface area contributed by atoms with Crippen molar-refractivity contribution in [2.75, 3.05) is 0 Å². The number of allylic oxidation sites excluding steroid dienone is 9. The lowest BCUT2D eigenvalue weighted by atomic mass is 10.0. The Balaban J connectivity index is 2.31. The number of carbonyl (C=O) groups is 1. The van der Waals surface area contributed by atoms with Gasteiger partial charge in [0.2, 0.25) is 0 Å². The smallest absolute Gasteiger partial charge is 0.265 e. The molecule has 25 heavy (non-hydrogen) atoms. The largest absolute Gasteiger partial charge is 0.364 e. The molecule has 0 saturated heterocycles. The van der Waals surface area contributed by atoms with E-state index in [9.17, 15) is 4.79 Å². The Morgan fingerprint density at radius 2 is 1.88 bits per heavy atom. The van der Waals surface area contributed by atoms with Crippen LogP contribution in [0.4, 0.5) is 0 Å². The Kier molecular flexibility index (Phi) is 6.35. The Morgan fingerprint density at radius 3 is 2.60 bits per heavy atom. The molecule has 3 nitrogen and oxygen atoms in total. The molecule has 0 aliphatic heterocycles. The van der Waals surface area contributed by atoms with Crippen LogP contribution in [0.5, 0.6) is 0 Å². The molecule has 1 aromatic heterocycles. The molecule has 3 heteroatoms. The normalized spacial score (nSPS) is 12.8. The van der Waals surface area contributed by atoms with Gasteiger partial charge in [-0.1, -0.05) is 73.4 Å². The van der Waals surface area contributed by atoms with Gasteiger partial charge in [0.25, 0.3) is 5.91 Å². The predicted octanol–water partition coefficient (Wildman–Crippen LogP) is 4.93. The quantitative estimate of drug-likeness (QED) is 0.718. The van der Waals surface area contributed by atoms with Gasteiger partial charge in [-0.05, 0) is 25.0 Å². The summed E-state index contributed by atoms with van der Waals surface area (Å²) in [7, 11) is 1.87. The van der Waals surface area contributed by atoms with Gasteiger partial charge in [-0.2, -0.15) is 0 Å². The maximum atomic E-state index is 11.9. The van der Waals surface area contributed by atoms with E-state index in [-0.39, 0.29) is 0 Å². The molecule has 0 atom stereocenters. The molecule has 2 N–H and O–H groups in total. The number of rotatable bonds is 7. The van der Waals surface area contributed by atoms with Gasteiger partial charge in [0.1, 0.15) is 5.69 Å². The summed E-state index contributed by atoms with van der Waals surface area (Å²) < 4.78 is 1.86. The second kappa shape index (κ2) is 8.69. The summed E-state index contributed by atoms with van der Waals surface area (Å²) in [6, 6.07) is 7.94. The number of nitrogens with two attached hydrogens (primary N) is 1. The van der Waals surface area contributed by atoms with E-state index in [1.165, 1.54) is 0 Å². The maximum Gasteiger partial charge on any atom is 0.265 e. The highest BCUT2D eigenvalue weighted by Gasteiger charge is 2.19. The lowest BCUT2D eigenvalue weighted by molar-refractivity contribution is 0.0992. The van der Waals surface area contributed by atoms with Crippen LogP contribution in [0.1, 0.15) is 29.4 Å². The minimum atomic E-state index is -0.417. The van der Waals surface area contributed by atoms with Gasteiger partial charge in [0, 0.05) is 23.5 Å². The number of fused-ring (bicyclic) bond motifs is 1. The van der Waals surface area contributed by atoms with Crippen molar-refractivity contribution in [1.82, 2.24) is 4.57 Å². The average molecular weight is 332 g/mol. The van der Waals surface area contributed by atoms with E-state index in [4.69, 9.17) is 5.73 Å². The van der Waals surface area contributed by atoms with Crippen molar-refractivity contribution in [3.05, 3.63) is 90.7 Å². The van der Waals surface area contributed by atoms with Crippen LogP contribution >= 0.6 is 0 Å². The highest BCUT2D eigenvalue weighted by atomic mass is 16.1. The zero-order valence-electron chi connectivity index (χ0n) is 14.8. The summed E-state index contributed by atoms with van der Waals surface area (Å²) in [6.45, 7) is 5.63. The summed E-state index contributed by atoms with van der Waals surface area (Å²) in [5.41, 5.74) is 9.05. The number of aryl methyl sites for hydroxylation is 1. The van der Waals surface area contributed by atoms with Crippen molar-refractivity contribution in [3.8, 4) is 0 Å². The van der Waals surface area contributed by atoms with Gasteiger partial charge < -0.3 is 10.3 Å². The summed E-state index contributed by atoms with van der Waals surface area (Å²) in [6.07, 6.45) is 16.6. The Hall–Kier alpha value is -3.07. The molecule has 0 spiro atoms. The average Bonchev–Trinajstić information content (AvgIpc) is 2.90. The van der Waals surface area contributed by atoms with E-state index in [1.54, 1.807) is 6.08 Å². The number of benzene rings is 1. The molecular formula is C22H24N2O. The number of hydrogen-bond donors (Lipinski definition) is 1. The van der Waals surface area contributed by atoms with Crippen molar-refractivity contribution in [2.45, 2.75) is 13.3 Å². The van der Waals surface area contributed by atoms with Crippen molar-refractivity contribution in [3.63, 3.8) is 0 Å². The fourth-order valence-electron chi connectivity index (χ4n) is 2.84. The first-order valence-electron chi connectivity index (χ1n) is 8.23. The molecule has 1 aromatic carbocycles. The number of nitrogens with zero attached hydrogens (tertiary/aromatic N) is 1. The predicted molar refractivity (Wildman–Crippen MR) is 107 cm³/mol. The molecule has 0 fully saturated rings. The number of primary amides is 1. The molecular weight excluding hydrogens is 308 g/mol. The third kappa shape index (κ3) is 4.27. The number of para-hydroxylation sites is 1. The Bertz CT molecular complexity index is 892. The molecule has 1 heterocycles. The molecule has 128 valence electrons. The van der Waals surface area contributed by atoms with E-state index in [1.807, 2.05) is 79.3 Å². The van der Waals surface area contributed by atoms with Crippen molar-refractivity contribution in [1.29, 1.82) is 0 Å². The van der Waals surface area contributed by atoms with E-state index in [2.05, 4.69) is 12.7 Å². The van der Waals surface area contributed by atoms with Gasteiger partial charge in [0.05, 0.1) is 0 Å². The molecule has 1 amide bonds. The topological polar surface area (TPSA) is 48.0 Å². The van der Waals surface area contributed by atoms with Crippen LogP contribution in [-0.4, -0.2) is 10.5 Å². The molecule has 0 unspecified atom stereocenters. The zero-order valence-corrected chi connectivity index (χ0v) is 14.8. The second-order valence-corrected chi connectivity index (χ2v) is 5.73. The van der Waals surface area contributed by atoms with Crippen LogP contribution in [0, 0.1) is 0 Å². The molecule has 2 rings (SSSR count). The fourth-order valence-corrected chi connectivity index (χ4v) is 2.84.